The van der Waals surface area contributed by atoms with E-state index in [2.05, 4.69) is 15.0 Å². The van der Waals surface area contributed by atoms with Crippen molar-refractivity contribution >= 4 is 28.3 Å². The van der Waals surface area contributed by atoms with E-state index in [0.717, 1.165) is 17.7 Å². The first-order chi connectivity index (χ1) is 11.5. The van der Waals surface area contributed by atoms with Crippen LogP contribution < -0.4 is 10.6 Å². The lowest BCUT2D eigenvalue weighted by atomic mass is 10.2. The van der Waals surface area contributed by atoms with Gasteiger partial charge in [-0.25, -0.2) is 9.97 Å². The fraction of sp³-hybridized carbons (Fsp3) is 0.375. The van der Waals surface area contributed by atoms with Crippen LogP contribution in [0, 0.1) is 6.92 Å². The van der Waals surface area contributed by atoms with Crippen LogP contribution >= 0.6 is 0 Å². The minimum absolute atomic E-state index is 0.0844. The number of carbonyl (C=O) groups excluding carboxylic acids is 1. The Bertz CT molecular complexity index is 824. The standard InChI is InChI=1S/C16H19N5O2S/c1-3-6-24(23)16-19-14(17)12-8-13(22)21(15(12)20-16)9-11-4-5-18-10(2)7-11/h4-5,7H,3,6,8-9H2,1-2H3,(H2,17,19,20). The van der Waals surface area contributed by atoms with Gasteiger partial charge in [0.1, 0.15) is 11.6 Å². The van der Waals surface area contributed by atoms with Gasteiger partial charge in [-0.3, -0.25) is 18.9 Å². The van der Waals surface area contributed by atoms with Crippen molar-refractivity contribution in [2.75, 3.05) is 16.4 Å². The average molecular weight is 345 g/mol. The van der Waals surface area contributed by atoms with E-state index < -0.39 is 10.8 Å². The van der Waals surface area contributed by atoms with E-state index in [4.69, 9.17) is 5.73 Å². The van der Waals surface area contributed by atoms with E-state index in [1.165, 1.54) is 0 Å². The average Bonchev–Trinajstić information content (AvgIpc) is 2.85. The van der Waals surface area contributed by atoms with Crippen LogP contribution in [0.3, 0.4) is 0 Å². The van der Waals surface area contributed by atoms with Crippen molar-refractivity contribution in [3.05, 3.63) is 35.2 Å². The second kappa shape index (κ2) is 6.64. The van der Waals surface area contributed by atoms with Crippen LogP contribution in [0.4, 0.5) is 11.6 Å². The second-order valence-electron chi connectivity index (χ2n) is 5.71. The molecule has 0 fully saturated rings. The molecule has 8 heteroatoms. The lowest BCUT2D eigenvalue weighted by Gasteiger charge is -2.17. The molecule has 0 aromatic carbocycles. The molecule has 3 heterocycles. The Morgan fingerprint density at radius 2 is 2.17 bits per heavy atom. The van der Waals surface area contributed by atoms with Gasteiger partial charge in [0.2, 0.25) is 11.1 Å². The molecule has 0 saturated heterocycles. The first-order valence-corrected chi connectivity index (χ1v) is 9.08. The van der Waals surface area contributed by atoms with Gasteiger partial charge in [0.05, 0.1) is 23.8 Å². The quantitative estimate of drug-likeness (QED) is 0.821. The highest BCUT2D eigenvalue weighted by molar-refractivity contribution is 7.84. The van der Waals surface area contributed by atoms with Crippen LogP contribution in [0.1, 0.15) is 30.2 Å². The van der Waals surface area contributed by atoms with Crippen molar-refractivity contribution in [1.82, 2.24) is 15.0 Å². The normalized spacial score (nSPS) is 14.8. The van der Waals surface area contributed by atoms with Crippen molar-refractivity contribution in [3.8, 4) is 0 Å². The van der Waals surface area contributed by atoms with E-state index in [1.54, 1.807) is 11.1 Å². The third-order valence-corrected chi connectivity index (χ3v) is 5.15. The summed E-state index contributed by atoms with van der Waals surface area (Å²) >= 11 is 0. The van der Waals surface area contributed by atoms with Gasteiger partial charge in [0.15, 0.2) is 0 Å². The Balaban J connectivity index is 1.97. The van der Waals surface area contributed by atoms with Crippen molar-refractivity contribution in [3.63, 3.8) is 0 Å². The van der Waals surface area contributed by atoms with Crippen molar-refractivity contribution in [1.29, 1.82) is 0 Å². The summed E-state index contributed by atoms with van der Waals surface area (Å²) in [5, 5.41) is 0.193. The van der Waals surface area contributed by atoms with Crippen LogP contribution in [-0.2, 0) is 28.6 Å². The molecule has 24 heavy (non-hydrogen) atoms. The summed E-state index contributed by atoms with van der Waals surface area (Å²) in [5.41, 5.74) is 8.42. The SMILES string of the molecule is CCCS(=O)c1nc(N)c2c(n1)N(Cc1ccnc(C)c1)C(=O)C2. The molecule has 126 valence electrons. The number of nitrogens with two attached hydrogens (primary N) is 1. The molecule has 1 aliphatic heterocycles. The second-order valence-corrected chi connectivity index (χ2v) is 7.17. The summed E-state index contributed by atoms with van der Waals surface area (Å²) in [6.07, 6.45) is 2.64. The number of aromatic nitrogens is 3. The Hall–Kier alpha value is -2.35. The van der Waals surface area contributed by atoms with Gasteiger partial charge in [-0.15, -0.1) is 0 Å². The fourth-order valence-electron chi connectivity index (χ4n) is 2.65. The summed E-state index contributed by atoms with van der Waals surface area (Å²) in [4.78, 5) is 26.6. The maximum Gasteiger partial charge on any atom is 0.233 e. The molecule has 0 radical (unpaired) electrons. The number of amides is 1. The van der Waals surface area contributed by atoms with Gasteiger partial charge >= 0.3 is 0 Å². The molecule has 0 spiro atoms. The molecular formula is C16H19N5O2S. The zero-order chi connectivity index (χ0) is 17.3. The van der Waals surface area contributed by atoms with E-state index in [1.807, 2.05) is 26.0 Å². The minimum atomic E-state index is -1.31. The first-order valence-electron chi connectivity index (χ1n) is 7.76. The molecule has 2 aromatic heterocycles. The summed E-state index contributed by atoms with van der Waals surface area (Å²) in [6, 6.07) is 3.78. The first kappa shape index (κ1) is 16.5. The molecule has 2 N–H and O–H groups in total. The summed E-state index contributed by atoms with van der Waals surface area (Å²) in [5.74, 6) is 1.09. The molecule has 1 atom stereocenters. The molecule has 0 saturated carbocycles. The van der Waals surface area contributed by atoms with E-state index in [0.29, 0.717) is 23.7 Å². The number of hydrogen-bond donors (Lipinski definition) is 1. The summed E-state index contributed by atoms with van der Waals surface area (Å²) < 4.78 is 12.2. The zero-order valence-corrected chi connectivity index (χ0v) is 14.5. The van der Waals surface area contributed by atoms with Gasteiger partial charge in [-0.05, 0) is 31.0 Å². The zero-order valence-electron chi connectivity index (χ0n) is 13.7. The molecule has 1 aliphatic rings. The molecule has 7 nitrogen and oxygen atoms in total. The number of pyridine rings is 1. The van der Waals surface area contributed by atoms with Gasteiger partial charge in [-0.2, -0.15) is 0 Å². The smallest absolute Gasteiger partial charge is 0.233 e. The summed E-state index contributed by atoms with van der Waals surface area (Å²) in [6.45, 7) is 4.22. The van der Waals surface area contributed by atoms with Crippen molar-refractivity contribution in [2.24, 2.45) is 0 Å². The monoisotopic (exact) mass is 345 g/mol. The van der Waals surface area contributed by atoms with E-state index in [-0.39, 0.29) is 23.3 Å². The topological polar surface area (TPSA) is 102 Å². The Morgan fingerprint density at radius 1 is 1.38 bits per heavy atom. The third kappa shape index (κ3) is 3.14. The number of nitrogen functional groups attached to an aromatic ring is 1. The Kier molecular flexibility index (Phi) is 4.57. The highest BCUT2D eigenvalue weighted by atomic mass is 32.2. The molecular weight excluding hydrogens is 326 g/mol. The minimum Gasteiger partial charge on any atom is -0.383 e. The number of carbonyl (C=O) groups is 1. The van der Waals surface area contributed by atoms with Crippen LogP contribution in [0.15, 0.2) is 23.5 Å². The van der Waals surface area contributed by atoms with Gasteiger partial charge in [0.25, 0.3) is 0 Å². The molecule has 0 aliphatic carbocycles. The van der Waals surface area contributed by atoms with E-state index >= 15 is 0 Å². The number of hydrogen-bond acceptors (Lipinski definition) is 6. The lowest BCUT2D eigenvalue weighted by Crippen LogP contribution is -2.27. The number of aryl methyl sites for hydroxylation is 1. The molecule has 2 aromatic rings. The molecule has 1 amide bonds. The van der Waals surface area contributed by atoms with Gasteiger partial charge < -0.3 is 5.73 Å². The van der Waals surface area contributed by atoms with Crippen LogP contribution in [0.25, 0.3) is 0 Å². The molecule has 1 unspecified atom stereocenters. The Morgan fingerprint density at radius 3 is 2.88 bits per heavy atom. The van der Waals surface area contributed by atoms with Crippen LogP contribution in [0.2, 0.25) is 0 Å². The summed E-state index contributed by atoms with van der Waals surface area (Å²) in [7, 11) is -1.31. The largest absolute Gasteiger partial charge is 0.383 e. The highest BCUT2D eigenvalue weighted by Gasteiger charge is 2.32. The van der Waals surface area contributed by atoms with Gasteiger partial charge in [-0.1, -0.05) is 6.92 Å². The number of nitrogens with zero attached hydrogens (tertiary/aromatic N) is 4. The van der Waals surface area contributed by atoms with Crippen molar-refractivity contribution < 1.29 is 9.00 Å². The van der Waals surface area contributed by atoms with Gasteiger partial charge in [0, 0.05) is 23.2 Å². The fourth-order valence-corrected chi connectivity index (χ4v) is 3.59. The maximum atomic E-state index is 12.4. The molecule has 3 rings (SSSR count). The maximum absolute atomic E-state index is 12.4. The van der Waals surface area contributed by atoms with Crippen LogP contribution in [-0.4, -0.2) is 30.8 Å². The number of anilines is 2. The number of fused-ring (bicyclic) bond motifs is 1. The van der Waals surface area contributed by atoms with Crippen LogP contribution in [0.5, 0.6) is 0 Å². The lowest BCUT2D eigenvalue weighted by molar-refractivity contribution is -0.117. The third-order valence-electron chi connectivity index (χ3n) is 3.78. The predicted molar refractivity (Wildman–Crippen MR) is 91.9 cm³/mol. The number of rotatable bonds is 5. The van der Waals surface area contributed by atoms with E-state index in [9.17, 15) is 9.00 Å². The molecule has 0 bridgehead atoms. The highest BCUT2D eigenvalue weighted by Crippen LogP contribution is 2.32. The predicted octanol–water partition coefficient (Wildman–Crippen LogP) is 1.37. The van der Waals surface area contributed by atoms with Crippen molar-refractivity contribution in [2.45, 2.75) is 38.4 Å². The Labute approximate surface area is 142 Å².